The summed E-state index contributed by atoms with van der Waals surface area (Å²) in [4.78, 5) is 33.3. The summed E-state index contributed by atoms with van der Waals surface area (Å²) >= 11 is 0. The molecule has 0 unspecified atom stereocenters. The summed E-state index contributed by atoms with van der Waals surface area (Å²) in [6.45, 7) is 0. The van der Waals surface area contributed by atoms with Crippen molar-refractivity contribution in [1.82, 2.24) is 0 Å². The first-order chi connectivity index (χ1) is 11.0. The molecular weight excluding hydrogens is 300 g/mol. The van der Waals surface area contributed by atoms with Crippen LogP contribution >= 0.6 is 0 Å². The third-order valence-electron chi connectivity index (χ3n) is 3.40. The molecule has 0 aliphatic heterocycles. The van der Waals surface area contributed by atoms with Crippen molar-refractivity contribution in [2.75, 3.05) is 0 Å². The Morgan fingerprint density at radius 3 is 1.96 bits per heavy atom. The summed E-state index contributed by atoms with van der Waals surface area (Å²) in [7, 11) is 0. The van der Waals surface area contributed by atoms with E-state index in [2.05, 4.69) is 12.2 Å². The molecule has 1 aliphatic carbocycles. The highest BCUT2D eigenvalue weighted by atomic mass is 16.4. The Kier molecular flexibility index (Phi) is 5.30. The first-order valence-electron chi connectivity index (χ1n) is 7.20. The number of carboxylic acids is 2. The largest absolute Gasteiger partial charge is 0.478 e. The van der Waals surface area contributed by atoms with E-state index >= 15 is 0 Å². The lowest BCUT2D eigenvalue weighted by Crippen LogP contribution is -2.20. The number of carboxylic acid groups (broad SMARTS) is 2. The standard InChI is InChI=1S/C11H6O6.C6H10/c12-9(13)7-5-3-1-2-4-6(5)17-11(16)8(7)10(14)15;1-2-4-6-5-3-1/h1-4H,(H,12,13)(H,14,15);1-2H,3-6H2. The molecule has 2 N–H and O–H groups in total. The van der Waals surface area contributed by atoms with Crippen LogP contribution in [-0.2, 0) is 0 Å². The first-order valence-corrected chi connectivity index (χ1v) is 7.20. The predicted octanol–water partition coefficient (Wildman–Crippen LogP) is 3.31. The van der Waals surface area contributed by atoms with E-state index in [0.29, 0.717) is 0 Å². The number of rotatable bonds is 2. The van der Waals surface area contributed by atoms with Crippen LogP contribution in [0.3, 0.4) is 0 Å². The number of hydrogen-bond acceptors (Lipinski definition) is 4. The van der Waals surface area contributed by atoms with Crippen molar-refractivity contribution >= 4 is 22.9 Å². The number of allylic oxidation sites excluding steroid dienone is 2. The van der Waals surface area contributed by atoms with Crippen molar-refractivity contribution in [3.05, 3.63) is 58.0 Å². The number of aromatic carboxylic acids is 2. The van der Waals surface area contributed by atoms with Gasteiger partial charge >= 0.3 is 17.6 Å². The fraction of sp³-hybridized carbons (Fsp3) is 0.235. The quantitative estimate of drug-likeness (QED) is 0.650. The van der Waals surface area contributed by atoms with E-state index in [1.807, 2.05) is 0 Å². The van der Waals surface area contributed by atoms with Crippen LogP contribution in [0.1, 0.15) is 46.4 Å². The molecule has 0 saturated carbocycles. The van der Waals surface area contributed by atoms with Crippen LogP contribution < -0.4 is 5.63 Å². The Morgan fingerprint density at radius 1 is 0.913 bits per heavy atom. The molecule has 120 valence electrons. The van der Waals surface area contributed by atoms with Crippen LogP contribution in [0.2, 0.25) is 0 Å². The zero-order valence-corrected chi connectivity index (χ0v) is 12.3. The topological polar surface area (TPSA) is 105 Å². The molecule has 0 fully saturated rings. The lowest BCUT2D eigenvalue weighted by atomic mass is 10.0. The van der Waals surface area contributed by atoms with Gasteiger partial charge in [-0.15, -0.1) is 0 Å². The summed E-state index contributed by atoms with van der Waals surface area (Å²) in [6, 6.07) is 5.86. The highest BCUT2D eigenvalue weighted by molar-refractivity contribution is 6.10. The van der Waals surface area contributed by atoms with Gasteiger partial charge in [0, 0.05) is 5.39 Å². The monoisotopic (exact) mass is 316 g/mol. The van der Waals surface area contributed by atoms with Gasteiger partial charge in [0.1, 0.15) is 5.58 Å². The van der Waals surface area contributed by atoms with E-state index in [4.69, 9.17) is 14.6 Å². The van der Waals surface area contributed by atoms with Gasteiger partial charge in [0.25, 0.3) is 0 Å². The second-order valence-corrected chi connectivity index (χ2v) is 5.00. The molecular formula is C17H16O6. The van der Waals surface area contributed by atoms with Crippen molar-refractivity contribution in [3.8, 4) is 0 Å². The van der Waals surface area contributed by atoms with Gasteiger partial charge in [-0.3, -0.25) is 0 Å². The Labute approximate surface area is 131 Å². The zero-order valence-electron chi connectivity index (χ0n) is 12.3. The van der Waals surface area contributed by atoms with Gasteiger partial charge in [0.2, 0.25) is 0 Å². The maximum absolute atomic E-state index is 11.4. The number of benzene rings is 1. The minimum Gasteiger partial charge on any atom is -0.478 e. The predicted molar refractivity (Wildman–Crippen MR) is 84.0 cm³/mol. The second-order valence-electron chi connectivity index (χ2n) is 5.00. The third-order valence-corrected chi connectivity index (χ3v) is 3.40. The van der Waals surface area contributed by atoms with E-state index in [1.165, 1.54) is 43.9 Å². The molecule has 0 saturated heterocycles. The molecule has 0 atom stereocenters. The molecule has 6 nitrogen and oxygen atoms in total. The smallest absolute Gasteiger partial charge is 0.351 e. The Morgan fingerprint density at radius 2 is 1.48 bits per heavy atom. The van der Waals surface area contributed by atoms with Crippen LogP contribution in [0, 0.1) is 0 Å². The fourth-order valence-corrected chi connectivity index (χ4v) is 2.33. The molecule has 1 aliphatic rings. The molecule has 1 aromatic heterocycles. The van der Waals surface area contributed by atoms with Crippen molar-refractivity contribution in [1.29, 1.82) is 0 Å². The van der Waals surface area contributed by atoms with Crippen LogP contribution in [0.4, 0.5) is 0 Å². The highest BCUT2D eigenvalue weighted by Gasteiger charge is 2.24. The van der Waals surface area contributed by atoms with Gasteiger partial charge in [-0.05, 0) is 31.7 Å². The second kappa shape index (κ2) is 7.40. The third kappa shape index (κ3) is 3.85. The lowest BCUT2D eigenvalue weighted by Gasteiger charge is -2.03. The van der Waals surface area contributed by atoms with Crippen LogP contribution in [-0.4, -0.2) is 22.2 Å². The Bertz CT molecular complexity index is 807. The summed E-state index contributed by atoms with van der Waals surface area (Å²) < 4.78 is 4.75. The number of fused-ring (bicyclic) bond motifs is 1. The van der Waals surface area contributed by atoms with Crippen molar-refractivity contribution in [2.24, 2.45) is 0 Å². The fourth-order valence-electron chi connectivity index (χ4n) is 2.33. The summed E-state index contributed by atoms with van der Waals surface area (Å²) in [5, 5.41) is 17.9. The number of carbonyl (C=O) groups is 2. The molecule has 6 heteroatoms. The van der Waals surface area contributed by atoms with E-state index in [0.717, 1.165) is 0 Å². The molecule has 1 heterocycles. The molecule has 3 rings (SSSR count). The molecule has 0 spiro atoms. The van der Waals surface area contributed by atoms with Crippen molar-refractivity contribution < 1.29 is 24.2 Å². The first kappa shape index (κ1) is 16.5. The van der Waals surface area contributed by atoms with Crippen LogP contribution in [0.25, 0.3) is 11.0 Å². The van der Waals surface area contributed by atoms with E-state index in [9.17, 15) is 14.4 Å². The van der Waals surface area contributed by atoms with Gasteiger partial charge in [-0.25, -0.2) is 14.4 Å². The van der Waals surface area contributed by atoms with Gasteiger partial charge in [-0.2, -0.15) is 0 Å². The molecule has 23 heavy (non-hydrogen) atoms. The summed E-state index contributed by atoms with van der Waals surface area (Å²) in [5.74, 6) is -3.10. The maximum atomic E-state index is 11.4. The van der Waals surface area contributed by atoms with Gasteiger partial charge in [0.05, 0.1) is 5.56 Å². The normalized spacial score (nSPS) is 13.2. The summed E-state index contributed by atoms with van der Waals surface area (Å²) in [5.41, 5.74) is -2.55. The average molecular weight is 316 g/mol. The summed E-state index contributed by atoms with van der Waals surface area (Å²) in [6.07, 6.45) is 10.0. The minimum absolute atomic E-state index is 0.0416. The van der Waals surface area contributed by atoms with E-state index in [-0.39, 0.29) is 11.0 Å². The molecule has 0 radical (unpaired) electrons. The molecule has 2 aromatic rings. The minimum atomic E-state index is -1.62. The number of hydrogen-bond donors (Lipinski definition) is 2. The van der Waals surface area contributed by atoms with Crippen LogP contribution in [0.5, 0.6) is 0 Å². The van der Waals surface area contributed by atoms with Gasteiger partial charge in [-0.1, -0.05) is 30.4 Å². The maximum Gasteiger partial charge on any atom is 0.351 e. The van der Waals surface area contributed by atoms with Gasteiger partial charge in [0.15, 0.2) is 5.56 Å². The van der Waals surface area contributed by atoms with Crippen molar-refractivity contribution in [2.45, 2.75) is 25.7 Å². The van der Waals surface area contributed by atoms with Crippen molar-refractivity contribution in [3.63, 3.8) is 0 Å². The molecule has 0 amide bonds. The zero-order chi connectivity index (χ0) is 16.8. The van der Waals surface area contributed by atoms with E-state index < -0.39 is 28.7 Å². The average Bonchev–Trinajstić information content (AvgIpc) is 2.55. The SMILES string of the molecule is C1=CCCCC1.O=C(O)c1c(C(=O)O)c2ccccc2oc1=O. The molecule has 0 bridgehead atoms. The number of para-hydroxylation sites is 1. The van der Waals surface area contributed by atoms with Crippen LogP contribution in [0.15, 0.2) is 45.6 Å². The van der Waals surface area contributed by atoms with E-state index in [1.54, 1.807) is 6.07 Å². The lowest BCUT2D eigenvalue weighted by molar-refractivity contribution is 0.0648. The Hall–Kier alpha value is -2.89. The molecule has 1 aromatic carbocycles. The highest BCUT2D eigenvalue weighted by Crippen LogP contribution is 2.19. The Balaban J connectivity index is 0.000000268. The van der Waals surface area contributed by atoms with Gasteiger partial charge < -0.3 is 14.6 Å².